The van der Waals surface area contributed by atoms with Crippen molar-refractivity contribution in [1.82, 2.24) is 4.72 Å². The minimum Gasteiger partial charge on any atom is -0.593 e. The average molecular weight is 245 g/mol. The van der Waals surface area contributed by atoms with Gasteiger partial charge in [0.15, 0.2) is 4.90 Å². The monoisotopic (exact) mass is 245 g/mol. The minimum atomic E-state index is -1.14. The normalized spacial score (nSPS) is 12.4. The van der Waals surface area contributed by atoms with Crippen LogP contribution in [0.5, 0.6) is 0 Å². The first-order valence-corrected chi connectivity index (χ1v) is 6.66. The fraction of sp³-hybridized carbons (Fsp3) is 0.143. The lowest BCUT2D eigenvalue weighted by Crippen LogP contribution is -2.23. The Morgan fingerprint density at radius 1 is 1.00 bits per heavy atom. The molecule has 0 heterocycles. The van der Waals surface area contributed by atoms with Crippen LogP contribution in [0, 0.1) is 6.92 Å². The van der Waals surface area contributed by atoms with E-state index in [1.807, 2.05) is 61.5 Å². The molecular weight excluding hydrogens is 230 g/mol. The van der Waals surface area contributed by atoms with E-state index in [2.05, 4.69) is 4.72 Å². The quantitative estimate of drug-likeness (QED) is 0.841. The molecule has 0 spiro atoms. The SMILES string of the molecule is Cc1ccc([S+]([O-])NCc2ccccc2)cc1. The molecule has 0 radical (unpaired) electrons. The number of aryl methyl sites for hydroxylation is 1. The van der Waals surface area contributed by atoms with Crippen LogP contribution in [-0.4, -0.2) is 4.55 Å². The van der Waals surface area contributed by atoms with Crippen LogP contribution in [0.15, 0.2) is 59.5 Å². The van der Waals surface area contributed by atoms with Crippen molar-refractivity contribution in [2.75, 3.05) is 0 Å². The van der Waals surface area contributed by atoms with E-state index in [0.29, 0.717) is 6.54 Å². The first-order valence-electron chi connectivity index (χ1n) is 5.51. The van der Waals surface area contributed by atoms with Gasteiger partial charge < -0.3 is 4.55 Å². The van der Waals surface area contributed by atoms with Crippen LogP contribution in [0.4, 0.5) is 0 Å². The fourth-order valence-corrected chi connectivity index (χ4v) is 2.34. The van der Waals surface area contributed by atoms with Gasteiger partial charge in [-0.1, -0.05) is 48.0 Å². The highest BCUT2D eigenvalue weighted by atomic mass is 32.2. The fourth-order valence-electron chi connectivity index (χ4n) is 1.49. The molecule has 2 nitrogen and oxygen atoms in total. The third-order valence-electron chi connectivity index (χ3n) is 2.49. The smallest absolute Gasteiger partial charge is 0.173 e. The summed E-state index contributed by atoms with van der Waals surface area (Å²) < 4.78 is 14.9. The second-order valence-corrected chi connectivity index (χ2v) is 5.19. The molecule has 2 aromatic carbocycles. The molecule has 0 aliphatic rings. The Bertz CT molecular complexity index is 455. The molecule has 0 amide bonds. The lowest BCUT2D eigenvalue weighted by Gasteiger charge is -2.10. The highest BCUT2D eigenvalue weighted by Gasteiger charge is 2.09. The largest absolute Gasteiger partial charge is 0.593 e. The van der Waals surface area contributed by atoms with Crippen LogP contribution < -0.4 is 4.72 Å². The summed E-state index contributed by atoms with van der Waals surface area (Å²) in [7, 11) is 0. The second-order valence-electron chi connectivity index (χ2n) is 3.89. The standard InChI is InChI=1S/C14H15NOS/c1-12-7-9-14(10-8-12)17(16)15-11-13-5-3-2-4-6-13/h2-10,15H,11H2,1H3. The van der Waals surface area contributed by atoms with Gasteiger partial charge in [-0.05, 0) is 24.6 Å². The molecule has 2 aromatic rings. The molecule has 0 bridgehead atoms. The summed E-state index contributed by atoms with van der Waals surface area (Å²) in [5.74, 6) is 0. The summed E-state index contributed by atoms with van der Waals surface area (Å²) in [5.41, 5.74) is 2.31. The van der Waals surface area contributed by atoms with Gasteiger partial charge >= 0.3 is 0 Å². The van der Waals surface area contributed by atoms with E-state index < -0.39 is 11.4 Å². The second kappa shape index (κ2) is 5.87. The number of benzene rings is 2. The van der Waals surface area contributed by atoms with Gasteiger partial charge in [-0.25, -0.2) is 0 Å². The average Bonchev–Trinajstić information content (AvgIpc) is 2.38. The highest BCUT2D eigenvalue weighted by molar-refractivity contribution is 7.89. The Balaban J connectivity index is 1.93. The van der Waals surface area contributed by atoms with Gasteiger partial charge in [-0.3, -0.25) is 0 Å². The predicted molar refractivity (Wildman–Crippen MR) is 70.9 cm³/mol. The summed E-state index contributed by atoms with van der Waals surface area (Å²) >= 11 is -1.14. The zero-order valence-corrected chi connectivity index (χ0v) is 10.5. The van der Waals surface area contributed by atoms with Crippen LogP contribution in [-0.2, 0) is 17.9 Å². The van der Waals surface area contributed by atoms with Gasteiger partial charge in [0.2, 0.25) is 0 Å². The van der Waals surface area contributed by atoms with Crippen LogP contribution in [0.2, 0.25) is 0 Å². The van der Waals surface area contributed by atoms with E-state index in [1.54, 1.807) is 0 Å². The number of hydrogen-bond donors (Lipinski definition) is 1. The first kappa shape index (κ1) is 12.2. The zero-order chi connectivity index (χ0) is 12.1. The number of hydrogen-bond acceptors (Lipinski definition) is 2. The predicted octanol–water partition coefficient (Wildman–Crippen LogP) is 2.81. The van der Waals surface area contributed by atoms with Gasteiger partial charge in [-0.15, -0.1) is 4.72 Å². The van der Waals surface area contributed by atoms with E-state index in [-0.39, 0.29) is 0 Å². The third kappa shape index (κ3) is 3.60. The number of rotatable bonds is 4. The molecule has 3 heteroatoms. The molecular formula is C14H15NOS. The van der Waals surface area contributed by atoms with Crippen LogP contribution >= 0.6 is 0 Å². The molecule has 1 unspecified atom stereocenters. The van der Waals surface area contributed by atoms with Gasteiger partial charge in [0.1, 0.15) is 0 Å². The molecule has 2 rings (SSSR count). The maximum Gasteiger partial charge on any atom is 0.173 e. The molecule has 17 heavy (non-hydrogen) atoms. The summed E-state index contributed by atoms with van der Waals surface area (Å²) in [6.45, 7) is 2.63. The number of nitrogens with one attached hydrogen (secondary N) is 1. The van der Waals surface area contributed by atoms with E-state index in [0.717, 1.165) is 10.5 Å². The molecule has 1 N–H and O–H groups in total. The lowest BCUT2D eigenvalue weighted by molar-refractivity contribution is 0.580. The van der Waals surface area contributed by atoms with Crippen molar-refractivity contribution >= 4 is 11.4 Å². The van der Waals surface area contributed by atoms with Crippen LogP contribution in [0.1, 0.15) is 11.1 Å². The molecule has 88 valence electrons. The van der Waals surface area contributed by atoms with Gasteiger partial charge in [-0.2, -0.15) is 0 Å². The highest BCUT2D eigenvalue weighted by Crippen LogP contribution is 2.10. The summed E-state index contributed by atoms with van der Waals surface area (Å²) in [5, 5.41) is 0. The minimum absolute atomic E-state index is 0.612. The zero-order valence-electron chi connectivity index (χ0n) is 9.72. The van der Waals surface area contributed by atoms with Crippen molar-refractivity contribution in [3.8, 4) is 0 Å². The Labute approximate surface area is 105 Å². The maximum atomic E-state index is 11.9. The Hall–Kier alpha value is -1.29. The van der Waals surface area contributed by atoms with Gasteiger partial charge in [0.25, 0.3) is 0 Å². The van der Waals surface area contributed by atoms with Crippen molar-refractivity contribution in [3.05, 3.63) is 65.7 Å². The molecule has 0 aliphatic carbocycles. The molecule has 1 atom stereocenters. The van der Waals surface area contributed by atoms with Crippen LogP contribution in [0.3, 0.4) is 0 Å². The molecule has 0 saturated heterocycles. The maximum absolute atomic E-state index is 11.9. The lowest BCUT2D eigenvalue weighted by atomic mass is 10.2. The summed E-state index contributed by atoms with van der Waals surface area (Å²) in [4.78, 5) is 0.812. The molecule has 0 aliphatic heterocycles. The Kier molecular flexibility index (Phi) is 4.20. The Morgan fingerprint density at radius 2 is 1.65 bits per heavy atom. The van der Waals surface area contributed by atoms with Crippen LogP contribution in [0.25, 0.3) is 0 Å². The van der Waals surface area contributed by atoms with Gasteiger partial charge in [0.05, 0.1) is 17.9 Å². The van der Waals surface area contributed by atoms with Crippen molar-refractivity contribution < 1.29 is 4.55 Å². The van der Waals surface area contributed by atoms with Crippen molar-refractivity contribution in [2.45, 2.75) is 18.4 Å². The molecule has 0 aromatic heterocycles. The van der Waals surface area contributed by atoms with Crippen molar-refractivity contribution in [3.63, 3.8) is 0 Å². The molecule has 0 fully saturated rings. The van der Waals surface area contributed by atoms with E-state index in [4.69, 9.17) is 0 Å². The third-order valence-corrected chi connectivity index (χ3v) is 3.59. The van der Waals surface area contributed by atoms with Crippen molar-refractivity contribution in [1.29, 1.82) is 0 Å². The summed E-state index contributed by atoms with van der Waals surface area (Å²) in [6, 6.07) is 17.7. The topological polar surface area (TPSA) is 35.1 Å². The first-order chi connectivity index (χ1) is 8.25. The molecule has 0 saturated carbocycles. The van der Waals surface area contributed by atoms with E-state index >= 15 is 0 Å². The van der Waals surface area contributed by atoms with E-state index in [1.165, 1.54) is 5.56 Å². The van der Waals surface area contributed by atoms with Gasteiger partial charge in [0, 0.05) is 0 Å². The Morgan fingerprint density at radius 3 is 2.29 bits per heavy atom. The summed E-state index contributed by atoms with van der Waals surface area (Å²) in [6.07, 6.45) is 0. The van der Waals surface area contributed by atoms with Crippen molar-refractivity contribution in [2.24, 2.45) is 0 Å². The van der Waals surface area contributed by atoms with E-state index in [9.17, 15) is 4.55 Å².